The maximum absolute atomic E-state index is 9.28. The summed E-state index contributed by atoms with van der Waals surface area (Å²) < 4.78 is 84.9. The van der Waals surface area contributed by atoms with Crippen molar-refractivity contribution in [3.05, 3.63) is 164 Å². The Labute approximate surface area is 284 Å². The van der Waals surface area contributed by atoms with E-state index in [-0.39, 0.29) is 11.1 Å². The Hall–Kier alpha value is -6.39. The molecule has 9 rings (SSSR count). The average molecular weight is 611 g/mol. The Kier molecular flexibility index (Phi) is 4.57. The monoisotopic (exact) mass is 610 g/mol. The molecule has 0 aliphatic carbocycles. The van der Waals surface area contributed by atoms with Crippen molar-refractivity contribution in [3.8, 4) is 56.4 Å². The van der Waals surface area contributed by atoms with Crippen LogP contribution in [0.2, 0.25) is 0 Å². The number of hydrogen-bond donors (Lipinski definition) is 0. The van der Waals surface area contributed by atoms with Crippen LogP contribution in [0.4, 0.5) is 0 Å². The predicted molar refractivity (Wildman–Crippen MR) is 192 cm³/mol. The molecule has 0 radical (unpaired) electrons. The van der Waals surface area contributed by atoms with Crippen LogP contribution in [0.5, 0.6) is 0 Å². The van der Waals surface area contributed by atoms with Gasteiger partial charge in [-0.3, -0.25) is 0 Å². The summed E-state index contributed by atoms with van der Waals surface area (Å²) in [6, 6.07) is 29.0. The number of furan rings is 1. The van der Waals surface area contributed by atoms with Gasteiger partial charge in [0, 0.05) is 21.9 Å². The SMILES string of the molecule is [2H]c1c([2H])c([2H])c(-c2c([2H])c([2H])c(-c3ccc(-c4nc(-c5ccccc5)nc(-c5ccccc5)n4)c4oc5cc6ccccc6cc5c34)c([2H])c2[2H])c([2H])c1[2H]. The highest BCUT2D eigenvalue weighted by atomic mass is 16.3. The van der Waals surface area contributed by atoms with Crippen molar-refractivity contribution in [1.29, 1.82) is 0 Å². The third-order valence-corrected chi connectivity index (χ3v) is 8.07. The molecule has 0 aliphatic heterocycles. The first-order chi connectivity index (χ1) is 27.0. The number of nitrogens with zero attached hydrogens (tertiary/aromatic N) is 3. The van der Waals surface area contributed by atoms with Crippen molar-refractivity contribution in [2.45, 2.75) is 0 Å². The van der Waals surface area contributed by atoms with Crippen LogP contribution < -0.4 is 0 Å². The molecule has 0 amide bonds. The van der Waals surface area contributed by atoms with Crippen LogP contribution in [0, 0.1) is 0 Å². The summed E-state index contributed by atoms with van der Waals surface area (Å²) in [6.07, 6.45) is 0. The molecule has 0 saturated carbocycles. The fourth-order valence-electron chi connectivity index (χ4n) is 5.83. The zero-order chi connectivity index (χ0) is 39.0. The van der Waals surface area contributed by atoms with Crippen molar-refractivity contribution >= 4 is 32.7 Å². The summed E-state index contributed by atoms with van der Waals surface area (Å²) in [6.45, 7) is 0. The molecule has 0 fully saturated rings. The lowest BCUT2D eigenvalue weighted by atomic mass is 9.94. The molecular weight excluding hydrogens is 574 g/mol. The highest BCUT2D eigenvalue weighted by Crippen LogP contribution is 2.43. The second-order valence-corrected chi connectivity index (χ2v) is 11.0. The molecule has 4 heteroatoms. The van der Waals surface area contributed by atoms with E-state index in [2.05, 4.69) is 0 Å². The van der Waals surface area contributed by atoms with E-state index < -0.39 is 59.9 Å². The fraction of sp³-hybridized carbons (Fsp3) is 0. The Morgan fingerprint density at radius 2 is 0.979 bits per heavy atom. The molecule has 0 aliphatic rings. The maximum atomic E-state index is 9.28. The molecule has 7 aromatic carbocycles. The molecule has 47 heavy (non-hydrogen) atoms. The van der Waals surface area contributed by atoms with Gasteiger partial charge < -0.3 is 4.42 Å². The topological polar surface area (TPSA) is 51.8 Å². The van der Waals surface area contributed by atoms with E-state index in [1.807, 2.05) is 97.1 Å². The standard InChI is InChI=1S/C43H27N3O/c1-4-12-28(13-5-1)29-20-22-30(23-21-29)35-24-25-36(40-39(35)37-26-33-18-10-11-19-34(33)27-38(37)47-40)43-45-41(31-14-6-2-7-15-31)44-42(46-43)32-16-8-3-9-17-32/h1-27H/i1D,4D,5D,12D,13D,20D,21D,22D,23D. The molecule has 0 spiro atoms. The van der Waals surface area contributed by atoms with E-state index in [0.717, 1.165) is 21.9 Å². The first-order valence-corrected chi connectivity index (χ1v) is 15.0. The van der Waals surface area contributed by atoms with E-state index in [9.17, 15) is 2.74 Å². The first kappa shape index (κ1) is 19.2. The third-order valence-electron chi connectivity index (χ3n) is 8.07. The van der Waals surface area contributed by atoms with Crippen LogP contribution in [0.3, 0.4) is 0 Å². The maximum Gasteiger partial charge on any atom is 0.167 e. The quantitative estimate of drug-likeness (QED) is 0.195. The lowest BCUT2D eigenvalue weighted by Crippen LogP contribution is -2.00. The molecule has 2 aromatic heterocycles. The smallest absolute Gasteiger partial charge is 0.167 e. The normalized spacial score (nSPS) is 14.1. The van der Waals surface area contributed by atoms with Gasteiger partial charge in [0.2, 0.25) is 0 Å². The number of fused-ring (bicyclic) bond motifs is 4. The summed E-state index contributed by atoms with van der Waals surface area (Å²) in [5.74, 6) is 1.20. The average Bonchev–Trinajstić information content (AvgIpc) is 3.60. The van der Waals surface area contributed by atoms with Gasteiger partial charge in [-0.15, -0.1) is 0 Å². The third kappa shape index (κ3) is 4.84. The first-order valence-electron chi connectivity index (χ1n) is 19.5. The molecule has 220 valence electrons. The highest BCUT2D eigenvalue weighted by molar-refractivity contribution is 6.18. The number of aromatic nitrogens is 3. The van der Waals surface area contributed by atoms with Gasteiger partial charge in [0.25, 0.3) is 0 Å². The number of hydrogen-bond acceptors (Lipinski definition) is 4. The molecule has 0 atom stereocenters. The Bertz CT molecular complexity index is 2960. The lowest BCUT2D eigenvalue weighted by molar-refractivity contribution is 0.670. The van der Waals surface area contributed by atoms with Crippen LogP contribution in [-0.4, -0.2) is 15.0 Å². The van der Waals surface area contributed by atoms with Crippen molar-refractivity contribution in [2.75, 3.05) is 0 Å². The van der Waals surface area contributed by atoms with Gasteiger partial charge in [0.1, 0.15) is 11.2 Å². The minimum atomic E-state index is -0.638. The molecule has 4 nitrogen and oxygen atoms in total. The van der Waals surface area contributed by atoms with Crippen LogP contribution >= 0.6 is 0 Å². The highest BCUT2D eigenvalue weighted by Gasteiger charge is 2.21. The van der Waals surface area contributed by atoms with Gasteiger partial charge in [-0.1, -0.05) is 145 Å². The van der Waals surface area contributed by atoms with Gasteiger partial charge in [-0.05, 0) is 51.2 Å². The predicted octanol–water partition coefficient (Wildman–Crippen LogP) is 11.3. The van der Waals surface area contributed by atoms with E-state index in [1.54, 1.807) is 12.1 Å². The molecule has 2 heterocycles. The van der Waals surface area contributed by atoms with Gasteiger partial charge in [0.05, 0.1) is 17.9 Å². The van der Waals surface area contributed by atoms with Gasteiger partial charge in [0.15, 0.2) is 17.5 Å². The molecule has 0 unspecified atom stereocenters. The van der Waals surface area contributed by atoms with Gasteiger partial charge in [-0.2, -0.15) is 0 Å². The van der Waals surface area contributed by atoms with Crippen LogP contribution in [-0.2, 0) is 0 Å². The molecular formula is C43H27N3O. The summed E-state index contributed by atoms with van der Waals surface area (Å²) in [4.78, 5) is 14.7. The van der Waals surface area contributed by atoms with Crippen molar-refractivity contribution in [3.63, 3.8) is 0 Å². The molecule has 9 aromatic rings. The van der Waals surface area contributed by atoms with E-state index in [1.165, 1.54) is 0 Å². The minimum Gasteiger partial charge on any atom is -0.455 e. The molecule has 0 saturated heterocycles. The lowest BCUT2D eigenvalue weighted by Gasteiger charge is -2.11. The van der Waals surface area contributed by atoms with E-state index in [4.69, 9.17) is 29.0 Å². The van der Waals surface area contributed by atoms with Crippen LogP contribution in [0.15, 0.2) is 168 Å². The van der Waals surface area contributed by atoms with E-state index in [0.29, 0.717) is 50.5 Å². The van der Waals surface area contributed by atoms with Crippen LogP contribution in [0.25, 0.3) is 89.1 Å². The van der Waals surface area contributed by atoms with Crippen molar-refractivity contribution in [2.24, 2.45) is 0 Å². The summed E-state index contributed by atoms with van der Waals surface area (Å²) in [7, 11) is 0. The van der Waals surface area contributed by atoms with Gasteiger partial charge in [-0.25, -0.2) is 15.0 Å². The molecule has 0 bridgehead atoms. The largest absolute Gasteiger partial charge is 0.455 e. The van der Waals surface area contributed by atoms with Crippen LogP contribution in [0.1, 0.15) is 12.3 Å². The summed E-state index contributed by atoms with van der Waals surface area (Å²) in [5, 5.41) is 2.99. The Balaban J connectivity index is 1.36. The number of benzene rings is 7. The number of rotatable bonds is 5. The fourth-order valence-corrected chi connectivity index (χ4v) is 5.83. The minimum absolute atomic E-state index is 0.0471. The zero-order valence-electron chi connectivity index (χ0n) is 33.6. The zero-order valence-corrected chi connectivity index (χ0v) is 24.6. The summed E-state index contributed by atoms with van der Waals surface area (Å²) in [5.41, 5.74) is 2.42. The van der Waals surface area contributed by atoms with Crippen molar-refractivity contribution in [1.82, 2.24) is 15.0 Å². The summed E-state index contributed by atoms with van der Waals surface area (Å²) >= 11 is 0. The second-order valence-electron chi connectivity index (χ2n) is 11.0. The van der Waals surface area contributed by atoms with Gasteiger partial charge >= 0.3 is 0 Å². The second kappa shape index (κ2) is 11.2. The Morgan fingerprint density at radius 1 is 0.447 bits per heavy atom. The van der Waals surface area contributed by atoms with Crippen molar-refractivity contribution < 1.29 is 16.8 Å². The van der Waals surface area contributed by atoms with E-state index >= 15 is 0 Å². The Morgan fingerprint density at radius 3 is 1.64 bits per heavy atom. The molecule has 0 N–H and O–H groups in total.